The Hall–Kier alpha value is -0.260. The summed E-state index contributed by atoms with van der Waals surface area (Å²) in [5.41, 5.74) is -0.328. The third kappa shape index (κ3) is 10.9. The predicted molar refractivity (Wildman–Crippen MR) is 75.6 cm³/mol. The molecule has 0 radical (unpaired) electrons. The smallest absolute Gasteiger partial charge is 0.303 e. The number of ether oxygens (including phenoxy) is 1. The van der Waals surface area contributed by atoms with Gasteiger partial charge in [-0.05, 0) is 54.4 Å². The van der Waals surface area contributed by atoms with Crippen molar-refractivity contribution in [1.29, 1.82) is 0 Å². The van der Waals surface area contributed by atoms with Gasteiger partial charge in [-0.1, -0.05) is 0 Å². The SMILES string of the molecule is CC(=O)OC(C)(C)C.CC(C)(C)[S+]([O-])NC1CC1. The highest BCUT2D eigenvalue weighted by Gasteiger charge is 2.33. The summed E-state index contributed by atoms with van der Waals surface area (Å²) in [7, 11) is 0. The molecule has 0 heterocycles. The molecule has 0 aromatic heterocycles. The van der Waals surface area contributed by atoms with E-state index in [-0.39, 0.29) is 16.3 Å². The predicted octanol–water partition coefficient (Wildman–Crippen LogP) is 2.55. The molecule has 1 fully saturated rings. The van der Waals surface area contributed by atoms with Crippen molar-refractivity contribution in [3.05, 3.63) is 0 Å². The maximum Gasteiger partial charge on any atom is 0.303 e. The van der Waals surface area contributed by atoms with Crippen molar-refractivity contribution in [3.8, 4) is 0 Å². The van der Waals surface area contributed by atoms with Gasteiger partial charge >= 0.3 is 5.97 Å². The number of nitrogens with one attached hydrogen (secondary N) is 1. The lowest BCUT2D eigenvalue weighted by atomic mass is 10.2. The largest absolute Gasteiger partial charge is 0.598 e. The molecule has 0 aromatic rings. The fourth-order valence-corrected chi connectivity index (χ4v) is 1.85. The lowest BCUT2D eigenvalue weighted by molar-refractivity contribution is -0.151. The van der Waals surface area contributed by atoms with Crippen LogP contribution in [0.25, 0.3) is 0 Å². The molecule has 0 aliphatic heterocycles. The van der Waals surface area contributed by atoms with E-state index < -0.39 is 11.4 Å². The van der Waals surface area contributed by atoms with E-state index in [4.69, 9.17) is 4.74 Å². The van der Waals surface area contributed by atoms with E-state index in [0.717, 1.165) is 0 Å². The average molecular weight is 277 g/mol. The monoisotopic (exact) mass is 277 g/mol. The first-order chi connectivity index (χ1) is 7.92. The number of rotatable bonds is 2. The molecular formula is C13H27NO3S. The molecule has 108 valence electrons. The Balaban J connectivity index is 0.000000331. The highest BCUT2D eigenvalue weighted by atomic mass is 32.2. The van der Waals surface area contributed by atoms with Crippen LogP contribution < -0.4 is 4.72 Å². The molecule has 0 aromatic carbocycles. The van der Waals surface area contributed by atoms with Gasteiger partial charge < -0.3 is 9.29 Å². The summed E-state index contributed by atoms with van der Waals surface area (Å²) < 4.78 is 19.1. The molecule has 1 aliphatic carbocycles. The maximum atomic E-state index is 11.3. The van der Waals surface area contributed by atoms with Crippen LogP contribution in [0.15, 0.2) is 0 Å². The number of esters is 1. The Morgan fingerprint density at radius 1 is 1.22 bits per heavy atom. The Labute approximate surface area is 114 Å². The number of hydrogen-bond acceptors (Lipinski definition) is 4. The fourth-order valence-electron chi connectivity index (χ4n) is 0.961. The van der Waals surface area contributed by atoms with Crippen LogP contribution in [0, 0.1) is 0 Å². The first-order valence-electron chi connectivity index (χ1n) is 6.29. The number of carbonyl (C=O) groups is 1. The van der Waals surface area contributed by atoms with Gasteiger partial charge in [0.05, 0.1) is 6.04 Å². The van der Waals surface area contributed by atoms with Crippen molar-refractivity contribution in [2.24, 2.45) is 0 Å². The van der Waals surface area contributed by atoms with Gasteiger partial charge in [0.2, 0.25) is 0 Å². The minimum atomic E-state index is -0.855. The van der Waals surface area contributed by atoms with E-state index in [1.54, 1.807) is 0 Å². The van der Waals surface area contributed by atoms with Gasteiger partial charge in [0.15, 0.2) is 0 Å². The van der Waals surface area contributed by atoms with Gasteiger partial charge in [-0.15, -0.1) is 4.72 Å². The molecule has 1 unspecified atom stereocenters. The molecule has 1 aliphatic rings. The Kier molecular flexibility index (Phi) is 6.68. The fraction of sp³-hybridized carbons (Fsp3) is 0.923. The van der Waals surface area contributed by atoms with Gasteiger partial charge in [-0.3, -0.25) is 4.79 Å². The van der Waals surface area contributed by atoms with Crippen LogP contribution in [0.4, 0.5) is 0 Å². The lowest BCUT2D eigenvalue weighted by Crippen LogP contribution is -2.40. The van der Waals surface area contributed by atoms with E-state index in [0.29, 0.717) is 6.04 Å². The van der Waals surface area contributed by atoms with Gasteiger partial charge in [-0.25, -0.2) is 0 Å². The van der Waals surface area contributed by atoms with Crippen molar-refractivity contribution in [2.75, 3.05) is 0 Å². The zero-order chi connectivity index (χ0) is 14.6. The first-order valence-corrected chi connectivity index (χ1v) is 7.44. The lowest BCUT2D eigenvalue weighted by Gasteiger charge is -2.23. The van der Waals surface area contributed by atoms with Crippen LogP contribution in [0.3, 0.4) is 0 Å². The molecule has 18 heavy (non-hydrogen) atoms. The quantitative estimate of drug-likeness (QED) is 0.622. The zero-order valence-corrected chi connectivity index (χ0v) is 13.4. The maximum absolute atomic E-state index is 11.3. The molecule has 4 nitrogen and oxygen atoms in total. The number of hydrogen-bond donors (Lipinski definition) is 1. The summed E-state index contributed by atoms with van der Waals surface area (Å²) in [6.07, 6.45) is 2.39. The molecule has 1 rings (SSSR count). The van der Waals surface area contributed by atoms with Crippen LogP contribution in [0.5, 0.6) is 0 Å². The first kappa shape index (κ1) is 17.7. The number of carbonyl (C=O) groups excluding carboxylic acids is 1. The Morgan fingerprint density at radius 2 is 1.67 bits per heavy atom. The standard InChI is InChI=1S/C7H15NOS.C6H12O2/c1-7(2,3)10(9)8-6-4-5-6;1-5(7)8-6(2,3)4/h6,8H,4-5H2,1-3H3;1-4H3. The normalized spacial score (nSPS) is 17.6. The summed E-state index contributed by atoms with van der Waals surface area (Å²) in [6, 6.07) is 0.542. The van der Waals surface area contributed by atoms with Crippen LogP contribution >= 0.6 is 0 Å². The summed E-state index contributed by atoms with van der Waals surface area (Å²) >= 11 is -0.855. The van der Waals surface area contributed by atoms with E-state index in [1.807, 2.05) is 41.5 Å². The second-order valence-electron chi connectivity index (χ2n) is 6.48. The molecule has 1 atom stereocenters. The molecule has 0 amide bonds. The van der Waals surface area contributed by atoms with Crippen LogP contribution in [0.2, 0.25) is 0 Å². The van der Waals surface area contributed by atoms with Crippen LogP contribution in [-0.4, -0.2) is 26.9 Å². The van der Waals surface area contributed by atoms with Crippen molar-refractivity contribution >= 4 is 17.3 Å². The summed E-state index contributed by atoms with van der Waals surface area (Å²) in [5.74, 6) is -0.225. The highest BCUT2D eigenvalue weighted by Crippen LogP contribution is 2.23. The van der Waals surface area contributed by atoms with E-state index in [1.165, 1.54) is 19.8 Å². The van der Waals surface area contributed by atoms with Gasteiger partial charge in [0.25, 0.3) is 0 Å². The van der Waals surface area contributed by atoms with E-state index in [2.05, 4.69) is 4.72 Å². The van der Waals surface area contributed by atoms with E-state index in [9.17, 15) is 9.35 Å². The average Bonchev–Trinajstić information content (AvgIpc) is 2.81. The van der Waals surface area contributed by atoms with Crippen LogP contribution in [0.1, 0.15) is 61.3 Å². The van der Waals surface area contributed by atoms with Gasteiger partial charge in [-0.2, -0.15) is 0 Å². The van der Waals surface area contributed by atoms with Crippen molar-refractivity contribution in [2.45, 2.75) is 77.7 Å². The summed E-state index contributed by atoms with van der Waals surface area (Å²) in [4.78, 5) is 10.2. The highest BCUT2D eigenvalue weighted by molar-refractivity contribution is 7.90. The van der Waals surface area contributed by atoms with Crippen LogP contribution in [-0.2, 0) is 20.9 Å². The van der Waals surface area contributed by atoms with Crippen molar-refractivity contribution < 1.29 is 14.1 Å². The van der Waals surface area contributed by atoms with Gasteiger partial charge in [0, 0.05) is 18.3 Å². The Morgan fingerprint density at radius 3 is 1.83 bits per heavy atom. The third-order valence-corrected chi connectivity index (χ3v) is 3.52. The summed E-state index contributed by atoms with van der Waals surface area (Å²) in [5, 5.41) is 0. The van der Waals surface area contributed by atoms with E-state index >= 15 is 0 Å². The molecular weight excluding hydrogens is 250 g/mol. The molecule has 1 saturated carbocycles. The summed E-state index contributed by atoms with van der Waals surface area (Å²) in [6.45, 7) is 12.9. The molecule has 1 N–H and O–H groups in total. The minimum absolute atomic E-state index is 0.109. The second kappa shape index (κ2) is 6.78. The second-order valence-corrected chi connectivity index (χ2v) is 8.48. The molecule has 0 spiro atoms. The van der Waals surface area contributed by atoms with Crippen molar-refractivity contribution in [3.63, 3.8) is 0 Å². The Bertz CT molecular complexity index is 264. The topological polar surface area (TPSA) is 61.4 Å². The zero-order valence-electron chi connectivity index (χ0n) is 12.6. The molecule has 5 heteroatoms. The molecule has 0 saturated heterocycles. The van der Waals surface area contributed by atoms with Gasteiger partial charge in [0.1, 0.15) is 10.3 Å². The van der Waals surface area contributed by atoms with Crippen molar-refractivity contribution in [1.82, 2.24) is 4.72 Å². The third-order valence-electron chi connectivity index (χ3n) is 1.86. The molecule has 0 bridgehead atoms. The minimum Gasteiger partial charge on any atom is -0.598 e.